The van der Waals surface area contributed by atoms with Gasteiger partial charge < -0.3 is 4.74 Å². The SMILES string of the molecule is CCc1ccc(C(=O)COC(=O)c2ccc(CS(C)(=O)=O)cc2)cc1. The van der Waals surface area contributed by atoms with Gasteiger partial charge in [-0.15, -0.1) is 0 Å². The van der Waals surface area contributed by atoms with E-state index in [9.17, 15) is 18.0 Å². The summed E-state index contributed by atoms with van der Waals surface area (Å²) in [6.07, 6.45) is 2.03. The predicted molar refractivity (Wildman–Crippen MR) is 95.4 cm³/mol. The normalized spacial score (nSPS) is 11.1. The van der Waals surface area contributed by atoms with Crippen molar-refractivity contribution in [3.8, 4) is 0 Å². The highest BCUT2D eigenvalue weighted by Crippen LogP contribution is 2.10. The van der Waals surface area contributed by atoms with E-state index >= 15 is 0 Å². The fraction of sp³-hybridized carbons (Fsp3) is 0.263. The van der Waals surface area contributed by atoms with E-state index in [-0.39, 0.29) is 23.7 Å². The number of Topliss-reactive ketones (excluding diaryl/α,β-unsaturated/α-hetero) is 1. The second-order valence-electron chi connectivity index (χ2n) is 5.82. The number of esters is 1. The molecule has 6 heteroatoms. The van der Waals surface area contributed by atoms with Crippen LogP contribution in [0.2, 0.25) is 0 Å². The van der Waals surface area contributed by atoms with Gasteiger partial charge in [-0.1, -0.05) is 43.3 Å². The monoisotopic (exact) mass is 360 g/mol. The second-order valence-corrected chi connectivity index (χ2v) is 7.96. The molecular weight excluding hydrogens is 340 g/mol. The third-order valence-corrected chi connectivity index (χ3v) is 4.49. The fourth-order valence-electron chi connectivity index (χ4n) is 2.26. The molecule has 0 saturated heterocycles. The number of carbonyl (C=O) groups is 2. The lowest BCUT2D eigenvalue weighted by atomic mass is 10.1. The van der Waals surface area contributed by atoms with E-state index in [4.69, 9.17) is 4.74 Å². The van der Waals surface area contributed by atoms with Crippen LogP contribution in [0, 0.1) is 0 Å². The van der Waals surface area contributed by atoms with Crippen molar-refractivity contribution in [2.24, 2.45) is 0 Å². The molecule has 0 spiro atoms. The van der Waals surface area contributed by atoms with Gasteiger partial charge in [0.05, 0.1) is 11.3 Å². The number of hydrogen-bond donors (Lipinski definition) is 0. The maximum atomic E-state index is 12.0. The first-order valence-corrected chi connectivity index (χ1v) is 9.90. The second kappa shape index (κ2) is 8.07. The number of ether oxygens (including phenoxy) is 1. The highest BCUT2D eigenvalue weighted by atomic mass is 32.2. The van der Waals surface area contributed by atoms with Gasteiger partial charge in [0.2, 0.25) is 0 Å². The summed E-state index contributed by atoms with van der Waals surface area (Å²) in [7, 11) is -3.13. The van der Waals surface area contributed by atoms with Crippen molar-refractivity contribution in [2.75, 3.05) is 12.9 Å². The molecule has 0 N–H and O–H groups in total. The molecule has 5 nitrogen and oxygen atoms in total. The van der Waals surface area contributed by atoms with Crippen molar-refractivity contribution in [2.45, 2.75) is 19.1 Å². The Kier molecular flexibility index (Phi) is 6.09. The maximum absolute atomic E-state index is 12.0. The lowest BCUT2D eigenvalue weighted by molar-refractivity contribution is 0.0474. The number of sulfone groups is 1. The van der Waals surface area contributed by atoms with Gasteiger partial charge in [0, 0.05) is 11.8 Å². The predicted octanol–water partition coefficient (Wildman–Crippen LogP) is 2.83. The quantitative estimate of drug-likeness (QED) is 0.560. The highest BCUT2D eigenvalue weighted by Gasteiger charge is 2.12. The average molecular weight is 360 g/mol. The number of rotatable bonds is 7. The van der Waals surface area contributed by atoms with Gasteiger partial charge >= 0.3 is 5.97 Å². The van der Waals surface area contributed by atoms with Crippen LogP contribution in [0.1, 0.15) is 38.8 Å². The standard InChI is InChI=1S/C19H20O5S/c1-3-14-4-8-16(9-5-14)18(20)12-24-19(21)17-10-6-15(7-11-17)13-25(2,22)23/h4-11H,3,12-13H2,1-2H3. The fourth-order valence-corrected chi connectivity index (χ4v) is 3.06. The molecule has 0 radical (unpaired) electrons. The molecule has 0 aliphatic carbocycles. The van der Waals surface area contributed by atoms with E-state index in [0.29, 0.717) is 11.1 Å². The number of aryl methyl sites for hydroxylation is 1. The maximum Gasteiger partial charge on any atom is 0.338 e. The van der Waals surface area contributed by atoms with Crippen molar-refractivity contribution in [3.05, 3.63) is 70.8 Å². The topological polar surface area (TPSA) is 77.5 Å². The first-order chi connectivity index (χ1) is 11.8. The van der Waals surface area contributed by atoms with Crippen molar-refractivity contribution in [1.82, 2.24) is 0 Å². The zero-order chi connectivity index (χ0) is 18.4. The van der Waals surface area contributed by atoms with Crippen LogP contribution in [-0.4, -0.2) is 33.0 Å². The minimum absolute atomic E-state index is 0.0887. The Bertz CT molecular complexity index is 850. The summed E-state index contributed by atoms with van der Waals surface area (Å²) in [5.74, 6) is -0.983. The van der Waals surface area contributed by atoms with Crippen LogP contribution in [0.4, 0.5) is 0 Å². The molecule has 132 valence electrons. The number of benzene rings is 2. The van der Waals surface area contributed by atoms with Crippen LogP contribution >= 0.6 is 0 Å². The molecule has 0 aromatic heterocycles. The zero-order valence-corrected chi connectivity index (χ0v) is 15.0. The van der Waals surface area contributed by atoms with Gasteiger partial charge in [-0.2, -0.15) is 0 Å². The Hall–Kier alpha value is -2.47. The lowest BCUT2D eigenvalue weighted by Crippen LogP contribution is -2.14. The molecule has 2 aromatic rings. The zero-order valence-electron chi connectivity index (χ0n) is 14.2. The van der Waals surface area contributed by atoms with Gasteiger partial charge in [0.1, 0.15) is 0 Å². The molecule has 0 aliphatic heterocycles. The third-order valence-electron chi connectivity index (χ3n) is 3.64. The number of hydrogen-bond acceptors (Lipinski definition) is 5. The lowest BCUT2D eigenvalue weighted by Gasteiger charge is -2.06. The van der Waals surface area contributed by atoms with E-state index in [1.54, 1.807) is 24.3 Å². The first kappa shape index (κ1) is 18.9. The van der Waals surface area contributed by atoms with E-state index < -0.39 is 15.8 Å². The number of carbonyl (C=O) groups excluding carboxylic acids is 2. The molecule has 0 fully saturated rings. The summed E-state index contributed by atoms with van der Waals surface area (Å²) in [6.45, 7) is 1.69. The molecule has 0 bridgehead atoms. The Balaban J connectivity index is 1.94. The van der Waals surface area contributed by atoms with Crippen LogP contribution in [0.15, 0.2) is 48.5 Å². The average Bonchev–Trinajstić information content (AvgIpc) is 2.58. The molecule has 25 heavy (non-hydrogen) atoms. The van der Waals surface area contributed by atoms with Crippen molar-refractivity contribution in [3.63, 3.8) is 0 Å². The third kappa shape index (κ3) is 5.83. The minimum atomic E-state index is -3.13. The van der Waals surface area contributed by atoms with Crippen molar-refractivity contribution < 1.29 is 22.7 Å². The summed E-state index contributed by atoms with van der Waals surface area (Å²) in [5, 5.41) is 0. The van der Waals surface area contributed by atoms with Crippen LogP contribution in [0.5, 0.6) is 0 Å². The van der Waals surface area contributed by atoms with Crippen LogP contribution in [0.3, 0.4) is 0 Å². The molecule has 0 aliphatic rings. The molecule has 0 unspecified atom stereocenters. The summed E-state index contributed by atoms with van der Waals surface area (Å²) in [4.78, 5) is 24.0. The molecular formula is C19H20O5S. The van der Waals surface area contributed by atoms with Gasteiger partial charge in [-0.25, -0.2) is 13.2 Å². The van der Waals surface area contributed by atoms with Gasteiger partial charge in [0.15, 0.2) is 22.2 Å². The largest absolute Gasteiger partial charge is 0.454 e. The van der Waals surface area contributed by atoms with E-state index in [2.05, 4.69) is 0 Å². The number of ketones is 1. The van der Waals surface area contributed by atoms with Gasteiger partial charge in [-0.3, -0.25) is 4.79 Å². The minimum Gasteiger partial charge on any atom is -0.454 e. The summed E-state index contributed by atoms with van der Waals surface area (Å²) in [6, 6.07) is 13.3. The highest BCUT2D eigenvalue weighted by molar-refractivity contribution is 7.89. The molecule has 0 atom stereocenters. The molecule has 0 amide bonds. The smallest absolute Gasteiger partial charge is 0.338 e. The van der Waals surface area contributed by atoms with Crippen molar-refractivity contribution in [1.29, 1.82) is 0 Å². The van der Waals surface area contributed by atoms with Gasteiger partial charge in [-0.05, 0) is 29.7 Å². The Morgan fingerprint density at radius 2 is 1.40 bits per heavy atom. The Labute approximate surface area is 147 Å². The van der Waals surface area contributed by atoms with Crippen molar-refractivity contribution >= 4 is 21.6 Å². The molecule has 0 saturated carbocycles. The Morgan fingerprint density at radius 1 is 0.880 bits per heavy atom. The molecule has 2 aromatic carbocycles. The molecule has 0 heterocycles. The van der Waals surface area contributed by atoms with E-state index in [1.807, 2.05) is 19.1 Å². The van der Waals surface area contributed by atoms with Crippen LogP contribution < -0.4 is 0 Å². The molecule has 2 rings (SSSR count). The first-order valence-electron chi connectivity index (χ1n) is 7.84. The summed E-state index contributed by atoms with van der Waals surface area (Å²) in [5.41, 5.74) is 2.48. The Morgan fingerprint density at radius 3 is 1.92 bits per heavy atom. The van der Waals surface area contributed by atoms with E-state index in [0.717, 1.165) is 18.2 Å². The van der Waals surface area contributed by atoms with Crippen LogP contribution in [0.25, 0.3) is 0 Å². The van der Waals surface area contributed by atoms with Crippen LogP contribution in [-0.2, 0) is 26.7 Å². The summed E-state index contributed by atoms with van der Waals surface area (Å²) >= 11 is 0. The van der Waals surface area contributed by atoms with E-state index in [1.165, 1.54) is 12.1 Å². The van der Waals surface area contributed by atoms with Gasteiger partial charge in [0.25, 0.3) is 0 Å². The summed E-state index contributed by atoms with van der Waals surface area (Å²) < 4.78 is 27.5.